The van der Waals surface area contributed by atoms with E-state index >= 15 is 0 Å². The van der Waals surface area contributed by atoms with Gasteiger partial charge in [0, 0.05) is 11.1 Å². The van der Waals surface area contributed by atoms with E-state index in [-0.39, 0.29) is 5.57 Å². The Kier molecular flexibility index (Phi) is 7.17. The first-order valence-electron chi connectivity index (χ1n) is 7.28. The van der Waals surface area contributed by atoms with Gasteiger partial charge in [-0.05, 0) is 30.5 Å². The second-order valence-corrected chi connectivity index (χ2v) is 5.12. The van der Waals surface area contributed by atoms with Gasteiger partial charge in [0.15, 0.2) is 0 Å². The fourth-order valence-corrected chi connectivity index (χ4v) is 1.92. The zero-order chi connectivity index (χ0) is 18.1. The lowest BCUT2D eigenvalue weighted by atomic mass is 9.94. The van der Waals surface area contributed by atoms with Crippen LogP contribution in [0.5, 0.6) is 0 Å². The van der Waals surface area contributed by atoms with Crippen molar-refractivity contribution in [3.63, 3.8) is 0 Å². The molecule has 2 N–H and O–H groups in total. The van der Waals surface area contributed by atoms with Gasteiger partial charge in [-0.15, -0.1) is 0 Å². The molecule has 0 aliphatic heterocycles. The van der Waals surface area contributed by atoms with Crippen molar-refractivity contribution in [2.24, 2.45) is 0 Å². The van der Waals surface area contributed by atoms with Crippen LogP contribution in [0, 0.1) is 0 Å². The Morgan fingerprint density at radius 1 is 0.750 bits per heavy atom. The van der Waals surface area contributed by atoms with Gasteiger partial charge in [-0.2, -0.15) is 0 Å². The summed E-state index contributed by atoms with van der Waals surface area (Å²) in [6, 6.07) is 19.2. The lowest BCUT2D eigenvalue weighted by Crippen LogP contribution is -2.02. The van der Waals surface area contributed by atoms with Gasteiger partial charge in [-0.25, -0.2) is 9.59 Å². The molecular weight excluding hydrogens is 304 g/mol. The quantitative estimate of drug-likeness (QED) is 0.825. The molecule has 0 unspecified atom stereocenters. The van der Waals surface area contributed by atoms with Gasteiger partial charge in [-0.1, -0.05) is 67.2 Å². The molecule has 0 spiro atoms. The summed E-state index contributed by atoms with van der Waals surface area (Å²) >= 11 is 0. The highest BCUT2D eigenvalue weighted by molar-refractivity contribution is 6.00. The van der Waals surface area contributed by atoms with E-state index in [1.54, 1.807) is 6.92 Å². The normalized spacial score (nSPS) is 9.25. The second-order valence-electron chi connectivity index (χ2n) is 5.12. The van der Waals surface area contributed by atoms with Crippen LogP contribution in [0.15, 0.2) is 78.4 Å². The standard InChI is InChI=1S/C16H14O2.C4H6O2/c1-12(16(17)18)15(13-8-4-2-5-9-13)14-10-6-3-7-11-14;1-3(2)4(5)6/h2-11H,1H3,(H,17,18);1H2,2H3,(H,5,6). The van der Waals surface area contributed by atoms with E-state index in [0.29, 0.717) is 5.57 Å². The van der Waals surface area contributed by atoms with E-state index < -0.39 is 11.9 Å². The Bertz CT molecular complexity index is 690. The van der Waals surface area contributed by atoms with E-state index in [1.165, 1.54) is 6.92 Å². The molecule has 4 nitrogen and oxygen atoms in total. The van der Waals surface area contributed by atoms with Crippen LogP contribution in [0.3, 0.4) is 0 Å². The summed E-state index contributed by atoms with van der Waals surface area (Å²) in [5.41, 5.74) is 3.14. The number of aliphatic carboxylic acids is 2. The average molecular weight is 324 g/mol. The van der Waals surface area contributed by atoms with Crippen molar-refractivity contribution in [2.45, 2.75) is 13.8 Å². The van der Waals surface area contributed by atoms with E-state index in [9.17, 15) is 14.7 Å². The van der Waals surface area contributed by atoms with Crippen molar-refractivity contribution in [3.8, 4) is 0 Å². The molecule has 0 heterocycles. The molecule has 4 heteroatoms. The Morgan fingerprint density at radius 2 is 1.08 bits per heavy atom. The van der Waals surface area contributed by atoms with Gasteiger partial charge in [0.05, 0.1) is 0 Å². The highest BCUT2D eigenvalue weighted by Crippen LogP contribution is 2.26. The molecule has 2 rings (SSSR count). The first kappa shape index (κ1) is 18.9. The summed E-state index contributed by atoms with van der Waals surface area (Å²) in [6.07, 6.45) is 0. The molecule has 124 valence electrons. The van der Waals surface area contributed by atoms with Gasteiger partial charge in [0.1, 0.15) is 0 Å². The second kappa shape index (κ2) is 9.10. The molecule has 0 amide bonds. The zero-order valence-electron chi connectivity index (χ0n) is 13.7. The average Bonchev–Trinajstić information content (AvgIpc) is 2.57. The molecule has 0 aliphatic carbocycles. The van der Waals surface area contributed by atoms with Gasteiger partial charge < -0.3 is 10.2 Å². The molecule has 0 saturated heterocycles. The number of hydrogen-bond acceptors (Lipinski definition) is 2. The third-order valence-corrected chi connectivity index (χ3v) is 3.19. The molecular formula is C20H20O4. The minimum Gasteiger partial charge on any atom is -0.478 e. The highest BCUT2D eigenvalue weighted by atomic mass is 16.4. The minimum atomic E-state index is -0.935. The molecule has 2 aromatic carbocycles. The van der Waals surface area contributed by atoms with E-state index in [1.807, 2.05) is 60.7 Å². The lowest BCUT2D eigenvalue weighted by molar-refractivity contribution is -0.133. The van der Waals surface area contributed by atoms with Crippen LogP contribution in [0.1, 0.15) is 25.0 Å². The molecule has 0 fully saturated rings. The maximum Gasteiger partial charge on any atom is 0.331 e. The molecule has 0 atom stereocenters. The summed E-state index contributed by atoms with van der Waals surface area (Å²) in [4.78, 5) is 20.8. The van der Waals surface area contributed by atoms with E-state index in [4.69, 9.17) is 5.11 Å². The Morgan fingerprint density at radius 3 is 1.33 bits per heavy atom. The van der Waals surface area contributed by atoms with Crippen molar-refractivity contribution in [1.29, 1.82) is 0 Å². The van der Waals surface area contributed by atoms with Crippen LogP contribution in [0.4, 0.5) is 0 Å². The van der Waals surface area contributed by atoms with Crippen molar-refractivity contribution in [3.05, 3.63) is 89.5 Å². The fraction of sp³-hybridized carbons (Fsp3) is 0.100. The van der Waals surface area contributed by atoms with Crippen molar-refractivity contribution >= 4 is 17.5 Å². The summed E-state index contributed by atoms with van der Waals surface area (Å²) in [7, 11) is 0. The van der Waals surface area contributed by atoms with Crippen molar-refractivity contribution in [2.75, 3.05) is 0 Å². The number of carbonyl (C=O) groups is 2. The van der Waals surface area contributed by atoms with Crippen LogP contribution in [0.2, 0.25) is 0 Å². The molecule has 0 bridgehead atoms. The molecule has 0 radical (unpaired) electrons. The van der Waals surface area contributed by atoms with Crippen molar-refractivity contribution in [1.82, 2.24) is 0 Å². The maximum absolute atomic E-state index is 11.2. The number of rotatable bonds is 4. The first-order valence-corrected chi connectivity index (χ1v) is 7.28. The van der Waals surface area contributed by atoms with Crippen LogP contribution in [0.25, 0.3) is 5.57 Å². The van der Waals surface area contributed by atoms with E-state index in [2.05, 4.69) is 6.58 Å². The van der Waals surface area contributed by atoms with E-state index in [0.717, 1.165) is 16.7 Å². The van der Waals surface area contributed by atoms with Crippen LogP contribution in [-0.2, 0) is 9.59 Å². The molecule has 24 heavy (non-hydrogen) atoms. The van der Waals surface area contributed by atoms with Crippen LogP contribution >= 0.6 is 0 Å². The monoisotopic (exact) mass is 324 g/mol. The lowest BCUT2D eigenvalue weighted by Gasteiger charge is -2.10. The predicted molar refractivity (Wildman–Crippen MR) is 94.7 cm³/mol. The van der Waals surface area contributed by atoms with Crippen LogP contribution in [-0.4, -0.2) is 22.2 Å². The Hall–Kier alpha value is -3.14. The summed E-state index contributed by atoms with van der Waals surface area (Å²) in [5.74, 6) is -1.83. The van der Waals surface area contributed by atoms with Gasteiger partial charge >= 0.3 is 11.9 Å². The van der Waals surface area contributed by atoms with Gasteiger partial charge in [-0.3, -0.25) is 0 Å². The first-order chi connectivity index (χ1) is 11.3. The molecule has 2 aromatic rings. The molecule has 0 aromatic heterocycles. The Labute approximate surface area is 141 Å². The third kappa shape index (κ3) is 5.57. The topological polar surface area (TPSA) is 74.6 Å². The zero-order valence-corrected chi connectivity index (χ0v) is 13.7. The number of benzene rings is 2. The van der Waals surface area contributed by atoms with Crippen LogP contribution < -0.4 is 0 Å². The predicted octanol–water partition coefficient (Wildman–Crippen LogP) is 4.24. The largest absolute Gasteiger partial charge is 0.478 e. The summed E-state index contributed by atoms with van der Waals surface area (Å²) in [5, 5.41) is 17.1. The Balaban J connectivity index is 0.000000413. The van der Waals surface area contributed by atoms with Crippen molar-refractivity contribution < 1.29 is 19.8 Å². The third-order valence-electron chi connectivity index (χ3n) is 3.19. The maximum atomic E-state index is 11.2. The number of carboxylic acids is 2. The van der Waals surface area contributed by atoms with Gasteiger partial charge in [0.2, 0.25) is 0 Å². The molecule has 0 aliphatic rings. The minimum absolute atomic E-state index is 0.176. The summed E-state index contributed by atoms with van der Waals surface area (Å²) in [6.45, 7) is 6.24. The number of carboxylic acid groups (broad SMARTS) is 2. The van der Waals surface area contributed by atoms with Gasteiger partial charge in [0.25, 0.3) is 0 Å². The summed E-state index contributed by atoms with van der Waals surface area (Å²) < 4.78 is 0. The molecule has 0 saturated carbocycles. The SMILES string of the molecule is C=C(C)C(=O)O.CC(C(=O)O)=C(c1ccccc1)c1ccccc1. The highest BCUT2D eigenvalue weighted by Gasteiger charge is 2.12. The smallest absolute Gasteiger partial charge is 0.331 e. The fourth-order valence-electron chi connectivity index (χ4n) is 1.92. The number of hydrogen-bond donors (Lipinski definition) is 2.